The van der Waals surface area contributed by atoms with Crippen molar-refractivity contribution in [1.29, 1.82) is 0 Å². The van der Waals surface area contributed by atoms with Gasteiger partial charge in [-0.2, -0.15) is 0 Å². The smallest absolute Gasteiger partial charge is 0.359 e. The molecular formula is C13H16N2O3. The van der Waals surface area contributed by atoms with Gasteiger partial charge in [0.2, 0.25) is 0 Å². The molecule has 1 aromatic heterocycles. The Balaban J connectivity index is 2.22. The molecule has 2 N–H and O–H groups in total. The van der Waals surface area contributed by atoms with Gasteiger partial charge in [0.15, 0.2) is 0 Å². The number of hydrogen-bond acceptors (Lipinski definition) is 5. The predicted molar refractivity (Wildman–Crippen MR) is 70.9 cm³/mol. The number of nitrogens with zero attached hydrogens (tertiary/aromatic N) is 1. The van der Waals surface area contributed by atoms with Crippen molar-refractivity contribution < 1.29 is 9.15 Å². The molecule has 0 aliphatic rings. The summed E-state index contributed by atoms with van der Waals surface area (Å²) < 4.78 is 10.6. The molecule has 0 unspecified atom stereocenters. The average Bonchev–Trinajstić information content (AvgIpc) is 2.30. The Morgan fingerprint density at radius 3 is 2.83 bits per heavy atom. The molecule has 0 saturated carbocycles. The van der Waals surface area contributed by atoms with Gasteiger partial charge >= 0.3 is 5.63 Å². The second kappa shape index (κ2) is 5.10. The Morgan fingerprint density at radius 1 is 1.33 bits per heavy atom. The molecule has 18 heavy (non-hydrogen) atoms. The lowest BCUT2D eigenvalue weighted by molar-refractivity contribution is 0.261. The molecule has 5 nitrogen and oxygen atoms in total. The van der Waals surface area contributed by atoms with Crippen LogP contribution < -0.4 is 16.1 Å². The van der Waals surface area contributed by atoms with E-state index in [1.807, 2.05) is 31.1 Å². The third kappa shape index (κ3) is 2.81. The zero-order valence-electron chi connectivity index (χ0n) is 10.5. The Hall–Kier alpha value is -2.01. The molecule has 0 fully saturated rings. The Labute approximate surface area is 105 Å². The fourth-order valence-electron chi connectivity index (χ4n) is 1.54. The van der Waals surface area contributed by atoms with Crippen molar-refractivity contribution in [3.63, 3.8) is 0 Å². The Morgan fingerprint density at radius 2 is 2.11 bits per heavy atom. The second-order valence-corrected chi connectivity index (χ2v) is 4.34. The maximum absolute atomic E-state index is 11.3. The van der Waals surface area contributed by atoms with E-state index in [-0.39, 0.29) is 5.69 Å². The number of likely N-dealkylation sites (N-methyl/N-ethyl adjacent to an activating group) is 1. The van der Waals surface area contributed by atoms with Gasteiger partial charge < -0.3 is 19.8 Å². The first-order chi connectivity index (χ1) is 8.56. The van der Waals surface area contributed by atoms with Crippen LogP contribution in [-0.4, -0.2) is 32.1 Å². The molecular weight excluding hydrogens is 232 g/mol. The molecule has 2 aromatic rings. The van der Waals surface area contributed by atoms with E-state index in [4.69, 9.17) is 14.9 Å². The lowest BCUT2D eigenvalue weighted by Gasteiger charge is -2.11. The zero-order valence-corrected chi connectivity index (χ0v) is 10.5. The van der Waals surface area contributed by atoms with Crippen LogP contribution >= 0.6 is 0 Å². The van der Waals surface area contributed by atoms with E-state index in [0.29, 0.717) is 17.9 Å². The van der Waals surface area contributed by atoms with Gasteiger partial charge in [0.1, 0.15) is 23.6 Å². The van der Waals surface area contributed by atoms with Gasteiger partial charge in [-0.05, 0) is 32.3 Å². The minimum Gasteiger partial charge on any atom is -0.492 e. The minimum absolute atomic E-state index is 0.115. The summed E-state index contributed by atoms with van der Waals surface area (Å²) in [5.41, 5.74) is 5.57. The van der Waals surface area contributed by atoms with Crippen LogP contribution in [0.25, 0.3) is 11.0 Å². The molecule has 5 heteroatoms. The lowest BCUT2D eigenvalue weighted by atomic mass is 10.2. The number of ether oxygens (including phenoxy) is 1. The predicted octanol–water partition coefficient (Wildman–Crippen LogP) is 1.32. The molecule has 0 atom stereocenters. The van der Waals surface area contributed by atoms with Crippen molar-refractivity contribution in [2.75, 3.05) is 33.0 Å². The SMILES string of the molecule is CN(C)CCOc1ccc2cc(N)c(=O)oc2c1. The van der Waals surface area contributed by atoms with Crippen molar-refractivity contribution in [2.45, 2.75) is 0 Å². The number of anilines is 1. The van der Waals surface area contributed by atoms with Gasteiger partial charge in [0, 0.05) is 18.0 Å². The topological polar surface area (TPSA) is 68.7 Å². The van der Waals surface area contributed by atoms with Crippen LogP contribution in [-0.2, 0) is 0 Å². The summed E-state index contributed by atoms with van der Waals surface area (Å²) in [6, 6.07) is 6.95. The Kier molecular flexibility index (Phi) is 3.53. The Bertz CT molecular complexity index is 605. The molecule has 0 saturated heterocycles. The van der Waals surface area contributed by atoms with Crippen LogP contribution in [0, 0.1) is 0 Å². The second-order valence-electron chi connectivity index (χ2n) is 4.34. The molecule has 1 aromatic carbocycles. The molecule has 0 radical (unpaired) electrons. The van der Waals surface area contributed by atoms with E-state index >= 15 is 0 Å². The molecule has 1 heterocycles. The summed E-state index contributed by atoms with van der Waals surface area (Å²) in [6.07, 6.45) is 0. The lowest BCUT2D eigenvalue weighted by Crippen LogP contribution is -2.19. The van der Waals surface area contributed by atoms with Gasteiger partial charge in [0.25, 0.3) is 0 Å². The first-order valence-corrected chi connectivity index (χ1v) is 5.67. The monoisotopic (exact) mass is 248 g/mol. The largest absolute Gasteiger partial charge is 0.492 e. The van der Waals surface area contributed by atoms with E-state index < -0.39 is 5.63 Å². The van der Waals surface area contributed by atoms with E-state index in [1.165, 1.54) is 0 Å². The van der Waals surface area contributed by atoms with Gasteiger partial charge in [-0.3, -0.25) is 0 Å². The molecule has 0 spiro atoms. The van der Waals surface area contributed by atoms with Crippen molar-refractivity contribution in [3.8, 4) is 5.75 Å². The fraction of sp³-hybridized carbons (Fsp3) is 0.308. The first kappa shape index (κ1) is 12.4. The molecule has 0 aliphatic heterocycles. The first-order valence-electron chi connectivity index (χ1n) is 5.67. The molecule has 0 aliphatic carbocycles. The number of fused-ring (bicyclic) bond motifs is 1. The maximum atomic E-state index is 11.3. The van der Waals surface area contributed by atoms with Gasteiger partial charge in [0.05, 0.1) is 0 Å². The normalized spacial score (nSPS) is 11.1. The highest BCUT2D eigenvalue weighted by atomic mass is 16.5. The molecule has 0 amide bonds. The molecule has 2 rings (SSSR count). The number of benzene rings is 1. The van der Waals surface area contributed by atoms with Crippen LogP contribution in [0.4, 0.5) is 5.69 Å². The fourth-order valence-corrected chi connectivity index (χ4v) is 1.54. The van der Waals surface area contributed by atoms with Crippen LogP contribution in [0.5, 0.6) is 5.75 Å². The summed E-state index contributed by atoms with van der Waals surface area (Å²) in [5, 5.41) is 0.784. The number of nitrogens with two attached hydrogens (primary N) is 1. The number of nitrogen functional groups attached to an aromatic ring is 1. The van der Waals surface area contributed by atoms with Crippen molar-refractivity contribution in [3.05, 3.63) is 34.7 Å². The van der Waals surface area contributed by atoms with Crippen molar-refractivity contribution in [1.82, 2.24) is 4.90 Å². The maximum Gasteiger partial charge on any atom is 0.359 e. The third-order valence-corrected chi connectivity index (χ3v) is 2.54. The van der Waals surface area contributed by atoms with Crippen molar-refractivity contribution >= 4 is 16.7 Å². The van der Waals surface area contributed by atoms with E-state index in [2.05, 4.69) is 0 Å². The summed E-state index contributed by atoms with van der Waals surface area (Å²) in [6.45, 7) is 1.40. The van der Waals surface area contributed by atoms with Gasteiger partial charge in [-0.15, -0.1) is 0 Å². The highest BCUT2D eigenvalue weighted by Gasteiger charge is 2.03. The molecule has 0 bridgehead atoms. The van der Waals surface area contributed by atoms with Crippen LogP contribution in [0.1, 0.15) is 0 Å². The molecule has 96 valence electrons. The summed E-state index contributed by atoms with van der Waals surface area (Å²) in [5.74, 6) is 0.678. The summed E-state index contributed by atoms with van der Waals surface area (Å²) >= 11 is 0. The van der Waals surface area contributed by atoms with Crippen molar-refractivity contribution in [2.24, 2.45) is 0 Å². The highest BCUT2D eigenvalue weighted by molar-refractivity contribution is 5.80. The standard InChI is InChI=1S/C13H16N2O3/c1-15(2)5-6-17-10-4-3-9-7-11(14)13(16)18-12(9)8-10/h3-4,7-8H,5-6,14H2,1-2H3. The number of hydrogen-bond donors (Lipinski definition) is 1. The third-order valence-electron chi connectivity index (χ3n) is 2.54. The van der Waals surface area contributed by atoms with Crippen LogP contribution in [0.2, 0.25) is 0 Å². The van der Waals surface area contributed by atoms with Gasteiger partial charge in [-0.25, -0.2) is 4.79 Å². The van der Waals surface area contributed by atoms with E-state index in [1.54, 1.807) is 12.1 Å². The minimum atomic E-state index is -0.520. The average molecular weight is 248 g/mol. The van der Waals surface area contributed by atoms with E-state index in [0.717, 1.165) is 11.9 Å². The van der Waals surface area contributed by atoms with Gasteiger partial charge in [-0.1, -0.05) is 0 Å². The number of rotatable bonds is 4. The van der Waals surface area contributed by atoms with Crippen LogP contribution in [0.15, 0.2) is 33.5 Å². The summed E-state index contributed by atoms with van der Waals surface area (Å²) in [7, 11) is 3.96. The van der Waals surface area contributed by atoms with E-state index in [9.17, 15) is 4.79 Å². The highest BCUT2D eigenvalue weighted by Crippen LogP contribution is 2.20. The zero-order chi connectivity index (χ0) is 13.1. The summed E-state index contributed by atoms with van der Waals surface area (Å²) in [4.78, 5) is 13.3. The van der Waals surface area contributed by atoms with Crippen LogP contribution in [0.3, 0.4) is 0 Å². The quantitative estimate of drug-likeness (QED) is 0.826.